The number of hydrogen-bond acceptors (Lipinski definition) is 3. The van der Waals surface area contributed by atoms with E-state index >= 15 is 0 Å². The zero-order valence-corrected chi connectivity index (χ0v) is 6.65. The zero-order valence-electron chi connectivity index (χ0n) is 6.65. The van der Waals surface area contributed by atoms with Crippen molar-refractivity contribution in [2.24, 2.45) is 5.16 Å². The Hall–Kier alpha value is -1.82. The Bertz CT molecular complexity index is 333. The van der Waals surface area contributed by atoms with Crippen molar-refractivity contribution in [1.29, 1.82) is 5.26 Å². The molecule has 0 aromatic heterocycles. The molecule has 0 heterocycles. The van der Waals surface area contributed by atoms with Gasteiger partial charge in [0.1, 0.15) is 0 Å². The van der Waals surface area contributed by atoms with Crippen LogP contribution in [0, 0.1) is 11.3 Å². The summed E-state index contributed by atoms with van der Waals surface area (Å²) in [6.07, 6.45) is 0. The molecule has 0 radical (unpaired) electrons. The monoisotopic (exact) mass is 160 g/mol. The van der Waals surface area contributed by atoms with E-state index in [9.17, 15) is 0 Å². The van der Waals surface area contributed by atoms with Gasteiger partial charge in [-0.15, -0.1) is 0 Å². The maximum Gasteiger partial charge on any atom is 0.0991 e. The molecule has 1 rings (SSSR count). The van der Waals surface area contributed by atoms with Crippen LogP contribution in [0.2, 0.25) is 0 Å². The number of nitriles is 1. The van der Waals surface area contributed by atoms with Crippen LogP contribution in [-0.2, 0) is 0 Å². The highest BCUT2D eigenvalue weighted by atomic mass is 16.4. The lowest BCUT2D eigenvalue weighted by molar-refractivity contribution is 0.319. The standard InChI is InChI=1S/C9H8N2O/c1-7(11-12)9-4-2-8(6-10)3-5-9/h2-5,12H,1H3/b11-7+. The van der Waals surface area contributed by atoms with Crippen LogP contribution in [0.1, 0.15) is 18.1 Å². The minimum absolute atomic E-state index is 0.541. The molecule has 12 heavy (non-hydrogen) atoms. The smallest absolute Gasteiger partial charge is 0.0991 e. The van der Waals surface area contributed by atoms with Gasteiger partial charge in [-0.3, -0.25) is 0 Å². The Morgan fingerprint density at radius 3 is 2.42 bits per heavy atom. The third-order valence-corrected chi connectivity index (χ3v) is 1.58. The molecule has 0 spiro atoms. The molecule has 0 amide bonds. The van der Waals surface area contributed by atoms with Crippen LogP contribution in [-0.4, -0.2) is 10.9 Å². The second-order valence-electron chi connectivity index (χ2n) is 2.37. The summed E-state index contributed by atoms with van der Waals surface area (Å²) >= 11 is 0. The minimum Gasteiger partial charge on any atom is -0.411 e. The lowest BCUT2D eigenvalue weighted by Crippen LogP contribution is -1.93. The molecule has 3 heteroatoms. The predicted octanol–water partition coefficient (Wildman–Crippen LogP) is 1.76. The van der Waals surface area contributed by atoms with Gasteiger partial charge in [-0.1, -0.05) is 17.3 Å². The first-order chi connectivity index (χ1) is 5.77. The van der Waals surface area contributed by atoms with Crippen molar-refractivity contribution in [3.8, 4) is 6.07 Å². The van der Waals surface area contributed by atoms with Crippen LogP contribution in [0.3, 0.4) is 0 Å². The quantitative estimate of drug-likeness (QED) is 0.386. The first-order valence-corrected chi connectivity index (χ1v) is 3.47. The normalized spacial score (nSPS) is 10.8. The summed E-state index contributed by atoms with van der Waals surface area (Å²) in [6.45, 7) is 1.70. The summed E-state index contributed by atoms with van der Waals surface area (Å²) in [6, 6.07) is 8.87. The molecule has 3 nitrogen and oxygen atoms in total. The molecular weight excluding hydrogens is 152 g/mol. The van der Waals surface area contributed by atoms with Crippen LogP contribution >= 0.6 is 0 Å². The van der Waals surface area contributed by atoms with Gasteiger partial charge in [0, 0.05) is 0 Å². The molecule has 1 aromatic rings. The zero-order chi connectivity index (χ0) is 8.97. The third kappa shape index (κ3) is 1.61. The van der Waals surface area contributed by atoms with Gasteiger partial charge in [0.15, 0.2) is 0 Å². The SMILES string of the molecule is C/C(=N\O)c1ccc(C#N)cc1. The number of benzene rings is 1. The van der Waals surface area contributed by atoms with Crippen molar-refractivity contribution in [1.82, 2.24) is 0 Å². The molecule has 0 atom stereocenters. The van der Waals surface area contributed by atoms with Crippen LogP contribution in [0.15, 0.2) is 29.4 Å². The van der Waals surface area contributed by atoms with Crippen molar-refractivity contribution < 1.29 is 5.21 Å². The van der Waals surface area contributed by atoms with E-state index in [4.69, 9.17) is 10.5 Å². The highest BCUT2D eigenvalue weighted by Crippen LogP contribution is 2.04. The Labute approximate surface area is 70.6 Å². The number of hydrogen-bond donors (Lipinski definition) is 1. The molecular formula is C9H8N2O. The Balaban J connectivity index is 3.02. The summed E-state index contributed by atoms with van der Waals surface area (Å²) < 4.78 is 0. The molecule has 0 saturated heterocycles. The van der Waals surface area contributed by atoms with Crippen molar-refractivity contribution in [2.75, 3.05) is 0 Å². The van der Waals surface area contributed by atoms with Crippen molar-refractivity contribution in [2.45, 2.75) is 6.92 Å². The van der Waals surface area contributed by atoms with Gasteiger partial charge in [0.2, 0.25) is 0 Å². The topological polar surface area (TPSA) is 56.4 Å². The van der Waals surface area contributed by atoms with E-state index < -0.39 is 0 Å². The number of rotatable bonds is 1. The van der Waals surface area contributed by atoms with E-state index in [1.54, 1.807) is 31.2 Å². The maximum atomic E-state index is 8.49. The fraction of sp³-hybridized carbons (Fsp3) is 0.111. The Morgan fingerprint density at radius 2 is 2.00 bits per heavy atom. The number of oxime groups is 1. The molecule has 0 aliphatic heterocycles. The van der Waals surface area contributed by atoms with Gasteiger partial charge >= 0.3 is 0 Å². The van der Waals surface area contributed by atoms with Crippen molar-refractivity contribution in [3.63, 3.8) is 0 Å². The molecule has 0 saturated carbocycles. The van der Waals surface area contributed by atoms with E-state index in [0.717, 1.165) is 5.56 Å². The largest absolute Gasteiger partial charge is 0.411 e. The first-order valence-electron chi connectivity index (χ1n) is 3.47. The molecule has 0 aliphatic rings. The highest BCUT2D eigenvalue weighted by molar-refractivity contribution is 5.98. The summed E-state index contributed by atoms with van der Waals surface area (Å²) in [7, 11) is 0. The van der Waals surface area contributed by atoms with Crippen LogP contribution in [0.5, 0.6) is 0 Å². The van der Waals surface area contributed by atoms with E-state index in [0.29, 0.717) is 11.3 Å². The maximum absolute atomic E-state index is 8.49. The van der Waals surface area contributed by atoms with Gasteiger partial charge in [-0.05, 0) is 24.6 Å². The van der Waals surface area contributed by atoms with Gasteiger partial charge in [0.25, 0.3) is 0 Å². The minimum atomic E-state index is 0.541. The molecule has 0 bridgehead atoms. The lowest BCUT2D eigenvalue weighted by Gasteiger charge is -1.96. The van der Waals surface area contributed by atoms with Gasteiger partial charge < -0.3 is 5.21 Å². The van der Waals surface area contributed by atoms with E-state index in [2.05, 4.69) is 5.16 Å². The summed E-state index contributed by atoms with van der Waals surface area (Å²) in [4.78, 5) is 0. The van der Waals surface area contributed by atoms with E-state index in [1.165, 1.54) is 0 Å². The molecule has 0 aliphatic carbocycles. The second-order valence-corrected chi connectivity index (χ2v) is 2.37. The van der Waals surface area contributed by atoms with E-state index in [-0.39, 0.29) is 0 Å². The fourth-order valence-electron chi connectivity index (χ4n) is 0.844. The molecule has 60 valence electrons. The van der Waals surface area contributed by atoms with Crippen LogP contribution in [0.4, 0.5) is 0 Å². The molecule has 1 aromatic carbocycles. The second kappa shape index (κ2) is 3.54. The Morgan fingerprint density at radius 1 is 1.42 bits per heavy atom. The van der Waals surface area contributed by atoms with Gasteiger partial charge in [0.05, 0.1) is 17.3 Å². The summed E-state index contributed by atoms with van der Waals surface area (Å²) in [5.74, 6) is 0. The predicted molar refractivity (Wildman–Crippen MR) is 45.2 cm³/mol. The highest BCUT2D eigenvalue weighted by Gasteiger charge is 1.96. The van der Waals surface area contributed by atoms with Crippen LogP contribution < -0.4 is 0 Å². The van der Waals surface area contributed by atoms with Gasteiger partial charge in [-0.25, -0.2) is 0 Å². The van der Waals surface area contributed by atoms with Crippen molar-refractivity contribution >= 4 is 5.71 Å². The van der Waals surface area contributed by atoms with Crippen molar-refractivity contribution in [3.05, 3.63) is 35.4 Å². The van der Waals surface area contributed by atoms with Gasteiger partial charge in [-0.2, -0.15) is 5.26 Å². The Kier molecular flexibility index (Phi) is 2.44. The van der Waals surface area contributed by atoms with E-state index in [1.807, 2.05) is 6.07 Å². The van der Waals surface area contributed by atoms with Crippen LogP contribution in [0.25, 0.3) is 0 Å². The lowest BCUT2D eigenvalue weighted by atomic mass is 10.1. The molecule has 0 unspecified atom stereocenters. The summed E-state index contributed by atoms with van der Waals surface area (Å²) in [5.41, 5.74) is 1.96. The molecule has 0 fully saturated rings. The fourth-order valence-corrected chi connectivity index (χ4v) is 0.844. The average molecular weight is 160 g/mol. The molecule has 1 N–H and O–H groups in total. The average Bonchev–Trinajstić information content (AvgIpc) is 2.17. The third-order valence-electron chi connectivity index (χ3n) is 1.58. The summed E-state index contributed by atoms with van der Waals surface area (Å²) in [5, 5.41) is 20.0. The first kappa shape index (κ1) is 8.28. The number of nitrogens with zero attached hydrogens (tertiary/aromatic N) is 2.